The number of thiocarbonyl (C=S) groups is 1. The standard InChI is InChI=1S/C18H23NOS2/c1-4-5-6-11-19-17(20)16(22-18(19)21)12-14-7-9-15(10-8-14)13(2)3/h7-10,12-13H,4-6,11H2,1-3H3. The van der Waals surface area contributed by atoms with Crippen LogP contribution in [-0.2, 0) is 4.79 Å². The number of benzene rings is 1. The zero-order chi connectivity index (χ0) is 16.1. The number of amides is 1. The van der Waals surface area contributed by atoms with Crippen LogP contribution in [0.1, 0.15) is 57.1 Å². The summed E-state index contributed by atoms with van der Waals surface area (Å²) in [4.78, 5) is 14.9. The fraction of sp³-hybridized carbons (Fsp3) is 0.444. The van der Waals surface area contributed by atoms with Crippen LogP contribution in [0.5, 0.6) is 0 Å². The Labute approximate surface area is 143 Å². The zero-order valence-corrected chi connectivity index (χ0v) is 15.1. The van der Waals surface area contributed by atoms with Gasteiger partial charge in [0.15, 0.2) is 0 Å². The molecule has 1 fully saturated rings. The Morgan fingerprint density at radius 1 is 1.23 bits per heavy atom. The van der Waals surface area contributed by atoms with Crippen molar-refractivity contribution in [3.63, 3.8) is 0 Å². The SMILES string of the molecule is CCCCCN1C(=O)C(=Cc2ccc(C(C)C)cc2)SC1=S. The first-order valence-electron chi connectivity index (χ1n) is 7.88. The van der Waals surface area contributed by atoms with Crippen molar-refractivity contribution in [2.75, 3.05) is 6.54 Å². The van der Waals surface area contributed by atoms with Crippen molar-refractivity contribution in [3.05, 3.63) is 40.3 Å². The summed E-state index contributed by atoms with van der Waals surface area (Å²) in [6.07, 6.45) is 5.24. The highest BCUT2D eigenvalue weighted by Gasteiger charge is 2.31. The number of thioether (sulfide) groups is 1. The fourth-order valence-electron chi connectivity index (χ4n) is 2.34. The second kappa shape index (κ2) is 7.93. The molecule has 2 rings (SSSR count). The molecule has 0 bridgehead atoms. The maximum absolute atomic E-state index is 12.4. The number of carbonyl (C=O) groups excluding carboxylic acids is 1. The highest BCUT2D eigenvalue weighted by atomic mass is 32.2. The van der Waals surface area contributed by atoms with Crippen LogP contribution in [0.4, 0.5) is 0 Å². The van der Waals surface area contributed by atoms with Crippen molar-refractivity contribution in [1.29, 1.82) is 0 Å². The summed E-state index contributed by atoms with van der Waals surface area (Å²) < 4.78 is 0.686. The molecule has 1 aromatic rings. The molecular weight excluding hydrogens is 310 g/mol. The summed E-state index contributed by atoms with van der Waals surface area (Å²) in [7, 11) is 0. The zero-order valence-electron chi connectivity index (χ0n) is 13.5. The molecule has 0 aliphatic carbocycles. The van der Waals surface area contributed by atoms with E-state index >= 15 is 0 Å². The molecule has 1 aliphatic heterocycles. The Hall–Kier alpha value is -1.13. The number of hydrogen-bond acceptors (Lipinski definition) is 3. The van der Waals surface area contributed by atoms with Gasteiger partial charge in [0.2, 0.25) is 0 Å². The average molecular weight is 334 g/mol. The molecule has 1 heterocycles. The third kappa shape index (κ3) is 4.20. The van der Waals surface area contributed by atoms with E-state index in [0.29, 0.717) is 10.2 Å². The molecule has 0 N–H and O–H groups in total. The van der Waals surface area contributed by atoms with Gasteiger partial charge in [-0.3, -0.25) is 9.69 Å². The molecular formula is C18H23NOS2. The predicted octanol–water partition coefficient (Wildman–Crippen LogP) is 5.20. The van der Waals surface area contributed by atoms with Crippen LogP contribution >= 0.6 is 24.0 Å². The van der Waals surface area contributed by atoms with E-state index < -0.39 is 0 Å². The molecule has 0 saturated carbocycles. The van der Waals surface area contributed by atoms with Crippen LogP contribution in [0.25, 0.3) is 6.08 Å². The van der Waals surface area contributed by atoms with Crippen molar-refractivity contribution >= 4 is 40.3 Å². The first-order chi connectivity index (χ1) is 10.5. The highest BCUT2D eigenvalue weighted by Crippen LogP contribution is 2.32. The summed E-state index contributed by atoms with van der Waals surface area (Å²) >= 11 is 6.76. The number of carbonyl (C=O) groups is 1. The quantitative estimate of drug-likeness (QED) is 0.405. The second-order valence-corrected chi connectivity index (χ2v) is 7.54. The van der Waals surface area contributed by atoms with Gasteiger partial charge in [-0.1, -0.05) is 81.9 Å². The van der Waals surface area contributed by atoms with Crippen LogP contribution in [0.2, 0.25) is 0 Å². The monoisotopic (exact) mass is 333 g/mol. The van der Waals surface area contributed by atoms with Crippen molar-refractivity contribution in [3.8, 4) is 0 Å². The van der Waals surface area contributed by atoms with Gasteiger partial charge in [-0.05, 0) is 29.5 Å². The summed E-state index contributed by atoms with van der Waals surface area (Å²) in [6, 6.07) is 8.38. The van der Waals surface area contributed by atoms with E-state index in [1.165, 1.54) is 17.3 Å². The Morgan fingerprint density at radius 2 is 1.91 bits per heavy atom. The Kier molecular flexibility index (Phi) is 6.21. The lowest BCUT2D eigenvalue weighted by atomic mass is 10.0. The lowest BCUT2D eigenvalue weighted by molar-refractivity contribution is -0.122. The van der Waals surface area contributed by atoms with Crippen LogP contribution in [-0.4, -0.2) is 21.7 Å². The third-order valence-electron chi connectivity index (χ3n) is 3.76. The van der Waals surface area contributed by atoms with Gasteiger partial charge in [0.1, 0.15) is 4.32 Å². The number of unbranched alkanes of at least 4 members (excludes halogenated alkanes) is 2. The second-order valence-electron chi connectivity index (χ2n) is 5.86. The van der Waals surface area contributed by atoms with Crippen molar-refractivity contribution in [2.24, 2.45) is 0 Å². The third-order valence-corrected chi connectivity index (χ3v) is 5.14. The number of nitrogens with zero attached hydrogens (tertiary/aromatic N) is 1. The first kappa shape index (κ1) is 17.2. The van der Waals surface area contributed by atoms with Gasteiger partial charge in [0, 0.05) is 6.54 Å². The molecule has 1 aliphatic rings. The Morgan fingerprint density at radius 3 is 2.50 bits per heavy atom. The van der Waals surface area contributed by atoms with E-state index in [2.05, 4.69) is 45.0 Å². The fourth-order valence-corrected chi connectivity index (χ4v) is 3.65. The van der Waals surface area contributed by atoms with Crippen molar-refractivity contribution in [1.82, 2.24) is 4.90 Å². The summed E-state index contributed by atoms with van der Waals surface area (Å²) in [5, 5.41) is 0. The molecule has 0 radical (unpaired) electrons. The molecule has 4 heteroatoms. The summed E-state index contributed by atoms with van der Waals surface area (Å²) in [5.41, 5.74) is 2.36. The van der Waals surface area contributed by atoms with Gasteiger partial charge in [-0.2, -0.15) is 0 Å². The van der Waals surface area contributed by atoms with Gasteiger partial charge in [-0.25, -0.2) is 0 Å². The lowest BCUT2D eigenvalue weighted by Crippen LogP contribution is -2.28. The molecule has 2 nitrogen and oxygen atoms in total. The molecule has 0 spiro atoms. The minimum absolute atomic E-state index is 0.0547. The minimum atomic E-state index is 0.0547. The molecule has 1 aromatic carbocycles. The summed E-state index contributed by atoms with van der Waals surface area (Å²) in [5.74, 6) is 0.574. The largest absolute Gasteiger partial charge is 0.293 e. The van der Waals surface area contributed by atoms with Gasteiger partial charge < -0.3 is 0 Å². The Balaban J connectivity index is 2.08. The molecule has 1 saturated heterocycles. The van der Waals surface area contributed by atoms with Crippen molar-refractivity contribution in [2.45, 2.75) is 46.0 Å². The molecule has 0 atom stereocenters. The smallest absolute Gasteiger partial charge is 0.266 e. The Bertz CT molecular complexity index is 575. The van der Waals surface area contributed by atoms with E-state index in [1.807, 2.05) is 6.08 Å². The van der Waals surface area contributed by atoms with E-state index in [-0.39, 0.29) is 5.91 Å². The van der Waals surface area contributed by atoms with Crippen LogP contribution in [0.15, 0.2) is 29.2 Å². The maximum Gasteiger partial charge on any atom is 0.266 e. The molecule has 0 aromatic heterocycles. The number of rotatable bonds is 6. The van der Waals surface area contributed by atoms with Gasteiger partial charge in [0.05, 0.1) is 4.91 Å². The lowest BCUT2D eigenvalue weighted by Gasteiger charge is -2.13. The van der Waals surface area contributed by atoms with Crippen LogP contribution in [0, 0.1) is 0 Å². The predicted molar refractivity (Wildman–Crippen MR) is 99.9 cm³/mol. The van der Waals surface area contributed by atoms with E-state index in [0.717, 1.165) is 36.3 Å². The summed E-state index contributed by atoms with van der Waals surface area (Å²) in [6.45, 7) is 7.25. The first-order valence-corrected chi connectivity index (χ1v) is 9.10. The van der Waals surface area contributed by atoms with Crippen LogP contribution in [0.3, 0.4) is 0 Å². The molecule has 1 amide bonds. The topological polar surface area (TPSA) is 20.3 Å². The number of hydrogen-bond donors (Lipinski definition) is 0. The van der Waals surface area contributed by atoms with Gasteiger partial charge in [0.25, 0.3) is 5.91 Å². The normalized spacial score (nSPS) is 17.1. The van der Waals surface area contributed by atoms with Gasteiger partial charge in [-0.15, -0.1) is 0 Å². The van der Waals surface area contributed by atoms with E-state index in [1.54, 1.807) is 4.90 Å². The van der Waals surface area contributed by atoms with Crippen molar-refractivity contribution < 1.29 is 4.79 Å². The molecule has 118 valence electrons. The van der Waals surface area contributed by atoms with E-state index in [4.69, 9.17) is 12.2 Å². The maximum atomic E-state index is 12.4. The van der Waals surface area contributed by atoms with Crippen LogP contribution < -0.4 is 0 Å². The molecule has 0 unspecified atom stereocenters. The minimum Gasteiger partial charge on any atom is -0.293 e. The highest BCUT2D eigenvalue weighted by molar-refractivity contribution is 8.26. The van der Waals surface area contributed by atoms with E-state index in [9.17, 15) is 4.79 Å². The van der Waals surface area contributed by atoms with Gasteiger partial charge >= 0.3 is 0 Å². The molecule has 22 heavy (non-hydrogen) atoms. The average Bonchev–Trinajstić information content (AvgIpc) is 2.75.